The normalized spacial score (nSPS) is 28.2. The van der Waals surface area contributed by atoms with E-state index in [9.17, 15) is 0 Å². The minimum Gasteiger partial charge on any atom is -0.465 e. The number of morpholine rings is 1. The minimum atomic E-state index is -0.0544. The first-order valence-corrected chi connectivity index (χ1v) is 6.24. The lowest BCUT2D eigenvalue weighted by atomic mass is 10.1. The van der Waals surface area contributed by atoms with Crippen LogP contribution in [0, 0.1) is 6.92 Å². The third kappa shape index (κ3) is 3.31. The highest BCUT2D eigenvalue weighted by Crippen LogP contribution is 2.18. The molecule has 0 amide bonds. The summed E-state index contributed by atoms with van der Waals surface area (Å²) in [6.45, 7) is 8.85. The maximum atomic E-state index is 6.15. The van der Waals surface area contributed by atoms with Gasteiger partial charge in [0.25, 0.3) is 0 Å². The minimum absolute atomic E-state index is 0.0544. The smallest absolute Gasteiger partial charge is 0.122 e. The summed E-state index contributed by atoms with van der Waals surface area (Å²) < 4.78 is 11.3. The van der Waals surface area contributed by atoms with Crippen LogP contribution in [-0.4, -0.2) is 36.7 Å². The van der Waals surface area contributed by atoms with Crippen molar-refractivity contribution in [3.63, 3.8) is 0 Å². The van der Waals surface area contributed by atoms with E-state index in [-0.39, 0.29) is 18.2 Å². The Morgan fingerprint density at radius 3 is 2.53 bits per heavy atom. The van der Waals surface area contributed by atoms with E-state index in [0.29, 0.717) is 0 Å². The molecule has 17 heavy (non-hydrogen) atoms. The Bertz CT molecular complexity index is 354. The van der Waals surface area contributed by atoms with Crippen molar-refractivity contribution in [2.24, 2.45) is 5.73 Å². The fourth-order valence-electron chi connectivity index (χ4n) is 2.45. The second-order valence-corrected chi connectivity index (χ2v) is 5.03. The monoisotopic (exact) mass is 238 g/mol. The molecule has 1 aliphatic rings. The predicted molar refractivity (Wildman–Crippen MR) is 66.8 cm³/mol. The van der Waals surface area contributed by atoms with Crippen molar-refractivity contribution in [3.05, 3.63) is 23.7 Å². The van der Waals surface area contributed by atoms with E-state index in [4.69, 9.17) is 14.9 Å². The molecule has 4 nitrogen and oxygen atoms in total. The predicted octanol–water partition coefficient (Wildman–Crippen LogP) is 1.70. The van der Waals surface area contributed by atoms with Gasteiger partial charge in [-0.05, 0) is 32.9 Å². The van der Waals surface area contributed by atoms with Gasteiger partial charge in [0.15, 0.2) is 0 Å². The number of aryl methyl sites for hydroxylation is 1. The molecular weight excluding hydrogens is 216 g/mol. The van der Waals surface area contributed by atoms with Crippen molar-refractivity contribution in [2.45, 2.75) is 39.0 Å². The van der Waals surface area contributed by atoms with E-state index < -0.39 is 0 Å². The van der Waals surface area contributed by atoms with Gasteiger partial charge in [0.1, 0.15) is 11.5 Å². The highest BCUT2D eigenvalue weighted by atomic mass is 16.5. The molecule has 96 valence electrons. The van der Waals surface area contributed by atoms with Crippen LogP contribution in [0.4, 0.5) is 0 Å². The van der Waals surface area contributed by atoms with Gasteiger partial charge in [0.2, 0.25) is 0 Å². The molecule has 1 aliphatic heterocycles. The molecule has 1 fully saturated rings. The van der Waals surface area contributed by atoms with E-state index in [1.54, 1.807) is 0 Å². The number of furan rings is 1. The largest absolute Gasteiger partial charge is 0.465 e. The summed E-state index contributed by atoms with van der Waals surface area (Å²) in [5, 5.41) is 0. The van der Waals surface area contributed by atoms with Crippen LogP contribution in [0.3, 0.4) is 0 Å². The highest BCUT2D eigenvalue weighted by molar-refractivity contribution is 5.09. The number of hydrogen-bond acceptors (Lipinski definition) is 4. The van der Waals surface area contributed by atoms with Crippen LogP contribution in [0.5, 0.6) is 0 Å². The summed E-state index contributed by atoms with van der Waals surface area (Å²) in [5.41, 5.74) is 6.15. The van der Waals surface area contributed by atoms with E-state index in [2.05, 4.69) is 18.7 Å². The van der Waals surface area contributed by atoms with E-state index in [0.717, 1.165) is 31.2 Å². The molecule has 3 unspecified atom stereocenters. The Kier molecular flexibility index (Phi) is 3.86. The molecule has 0 spiro atoms. The zero-order chi connectivity index (χ0) is 12.4. The van der Waals surface area contributed by atoms with Gasteiger partial charge in [0.05, 0.1) is 18.2 Å². The molecular formula is C13H22N2O2. The van der Waals surface area contributed by atoms with Crippen molar-refractivity contribution < 1.29 is 9.15 Å². The molecule has 0 bridgehead atoms. The summed E-state index contributed by atoms with van der Waals surface area (Å²) in [7, 11) is 0. The molecule has 2 N–H and O–H groups in total. The van der Waals surface area contributed by atoms with Crippen molar-refractivity contribution in [1.82, 2.24) is 4.90 Å². The van der Waals surface area contributed by atoms with E-state index >= 15 is 0 Å². The third-order valence-electron chi connectivity index (χ3n) is 3.08. The lowest BCUT2D eigenvalue weighted by molar-refractivity contribution is -0.0695. The second-order valence-electron chi connectivity index (χ2n) is 5.03. The molecule has 0 aliphatic carbocycles. The highest BCUT2D eigenvalue weighted by Gasteiger charge is 2.24. The molecule has 2 rings (SSSR count). The molecule has 1 aromatic heterocycles. The zero-order valence-electron chi connectivity index (χ0n) is 10.8. The summed E-state index contributed by atoms with van der Waals surface area (Å²) >= 11 is 0. The van der Waals surface area contributed by atoms with Gasteiger partial charge in [-0.1, -0.05) is 0 Å². The molecule has 0 aromatic carbocycles. The second kappa shape index (κ2) is 5.21. The molecule has 4 heteroatoms. The van der Waals surface area contributed by atoms with Gasteiger partial charge >= 0.3 is 0 Å². The Balaban J connectivity index is 1.92. The van der Waals surface area contributed by atoms with Crippen molar-refractivity contribution >= 4 is 0 Å². The SMILES string of the molecule is Cc1ccc(C(N)CN2CC(C)OC(C)C2)o1. The number of ether oxygens (including phenoxy) is 1. The quantitative estimate of drug-likeness (QED) is 0.870. The van der Waals surface area contributed by atoms with Crippen LogP contribution in [0.1, 0.15) is 31.4 Å². The van der Waals surface area contributed by atoms with E-state index in [1.165, 1.54) is 0 Å². The van der Waals surface area contributed by atoms with Crippen LogP contribution in [0.15, 0.2) is 16.5 Å². The molecule has 1 saturated heterocycles. The fourth-order valence-corrected chi connectivity index (χ4v) is 2.45. The van der Waals surface area contributed by atoms with Crippen LogP contribution < -0.4 is 5.73 Å². The van der Waals surface area contributed by atoms with Crippen LogP contribution in [-0.2, 0) is 4.74 Å². The van der Waals surface area contributed by atoms with Gasteiger partial charge in [-0.3, -0.25) is 4.90 Å². The van der Waals surface area contributed by atoms with Gasteiger partial charge in [-0.2, -0.15) is 0 Å². The fraction of sp³-hybridized carbons (Fsp3) is 0.692. The Morgan fingerprint density at radius 2 is 2.00 bits per heavy atom. The molecule has 2 heterocycles. The summed E-state index contributed by atoms with van der Waals surface area (Å²) in [6.07, 6.45) is 0.563. The Morgan fingerprint density at radius 1 is 1.35 bits per heavy atom. The van der Waals surface area contributed by atoms with Gasteiger partial charge in [-0.25, -0.2) is 0 Å². The number of nitrogens with two attached hydrogens (primary N) is 1. The number of rotatable bonds is 3. The van der Waals surface area contributed by atoms with Crippen LogP contribution in [0.25, 0.3) is 0 Å². The van der Waals surface area contributed by atoms with Gasteiger partial charge in [0, 0.05) is 19.6 Å². The van der Waals surface area contributed by atoms with Crippen molar-refractivity contribution in [1.29, 1.82) is 0 Å². The van der Waals surface area contributed by atoms with Gasteiger partial charge in [-0.15, -0.1) is 0 Å². The first-order valence-electron chi connectivity index (χ1n) is 6.24. The molecule has 1 aromatic rings. The van der Waals surface area contributed by atoms with Crippen LogP contribution in [0.2, 0.25) is 0 Å². The van der Waals surface area contributed by atoms with E-state index in [1.807, 2.05) is 19.1 Å². The molecule has 3 atom stereocenters. The lowest BCUT2D eigenvalue weighted by Gasteiger charge is -2.36. The molecule has 0 radical (unpaired) electrons. The number of nitrogens with zero attached hydrogens (tertiary/aromatic N) is 1. The summed E-state index contributed by atoms with van der Waals surface area (Å²) in [5.74, 6) is 1.79. The molecule has 0 saturated carbocycles. The first kappa shape index (κ1) is 12.6. The Labute approximate surface area is 103 Å². The average molecular weight is 238 g/mol. The standard InChI is InChI=1S/C13H22N2O2/c1-9-4-5-13(17-9)12(14)8-15-6-10(2)16-11(3)7-15/h4-5,10-12H,6-8,14H2,1-3H3. The maximum absolute atomic E-state index is 6.15. The third-order valence-corrected chi connectivity index (χ3v) is 3.08. The summed E-state index contributed by atoms with van der Waals surface area (Å²) in [4.78, 5) is 2.35. The zero-order valence-corrected chi connectivity index (χ0v) is 10.8. The average Bonchev–Trinajstić information content (AvgIpc) is 2.63. The number of hydrogen-bond donors (Lipinski definition) is 1. The first-order chi connectivity index (χ1) is 8.04. The topological polar surface area (TPSA) is 51.6 Å². The summed E-state index contributed by atoms with van der Waals surface area (Å²) in [6, 6.07) is 3.87. The Hall–Kier alpha value is -0.840. The van der Waals surface area contributed by atoms with Crippen molar-refractivity contribution in [3.8, 4) is 0 Å². The maximum Gasteiger partial charge on any atom is 0.122 e. The van der Waals surface area contributed by atoms with Gasteiger partial charge < -0.3 is 14.9 Å². The lowest BCUT2D eigenvalue weighted by Crippen LogP contribution is -2.47. The van der Waals surface area contributed by atoms with Crippen LogP contribution >= 0.6 is 0 Å². The van der Waals surface area contributed by atoms with Crippen molar-refractivity contribution in [2.75, 3.05) is 19.6 Å².